The van der Waals surface area contributed by atoms with Gasteiger partial charge in [0.1, 0.15) is 0 Å². The van der Waals surface area contributed by atoms with Gasteiger partial charge in [-0.05, 0) is 38.8 Å². The highest BCUT2D eigenvalue weighted by molar-refractivity contribution is 5.11. The maximum Gasteiger partial charge on any atom is 0.0685 e. The van der Waals surface area contributed by atoms with Gasteiger partial charge >= 0.3 is 0 Å². The Morgan fingerprint density at radius 1 is 1.48 bits per heavy atom. The van der Waals surface area contributed by atoms with Crippen molar-refractivity contribution >= 4 is 0 Å². The van der Waals surface area contributed by atoms with E-state index in [4.69, 9.17) is 4.74 Å². The molecular formula is C17H29N3O. The molecule has 0 aromatic carbocycles. The van der Waals surface area contributed by atoms with Gasteiger partial charge in [-0.1, -0.05) is 20.8 Å². The van der Waals surface area contributed by atoms with Gasteiger partial charge in [-0.2, -0.15) is 5.10 Å². The van der Waals surface area contributed by atoms with E-state index in [1.54, 1.807) is 0 Å². The van der Waals surface area contributed by atoms with E-state index in [0.29, 0.717) is 18.1 Å². The first-order valence-electron chi connectivity index (χ1n) is 8.25. The van der Waals surface area contributed by atoms with Crippen LogP contribution >= 0.6 is 0 Å². The highest BCUT2D eigenvalue weighted by atomic mass is 16.5. The Morgan fingerprint density at radius 2 is 2.24 bits per heavy atom. The van der Waals surface area contributed by atoms with Crippen LogP contribution < -0.4 is 5.32 Å². The Hall–Kier alpha value is -0.870. The molecule has 0 amide bonds. The summed E-state index contributed by atoms with van der Waals surface area (Å²) in [5.41, 5.74) is 2.64. The van der Waals surface area contributed by atoms with Gasteiger partial charge in [0.05, 0.1) is 11.8 Å². The maximum atomic E-state index is 5.86. The predicted octanol–water partition coefficient (Wildman–Crippen LogP) is 2.54. The summed E-state index contributed by atoms with van der Waals surface area (Å²) in [6, 6.07) is 2.75. The molecule has 1 saturated carbocycles. The molecule has 1 aromatic rings. The second kappa shape index (κ2) is 5.40. The maximum absolute atomic E-state index is 5.86. The molecule has 1 saturated heterocycles. The molecule has 2 heterocycles. The van der Waals surface area contributed by atoms with Crippen LogP contribution in [0.2, 0.25) is 0 Å². The summed E-state index contributed by atoms with van der Waals surface area (Å²) >= 11 is 0. The van der Waals surface area contributed by atoms with Gasteiger partial charge in [-0.15, -0.1) is 0 Å². The van der Waals surface area contributed by atoms with E-state index in [9.17, 15) is 0 Å². The zero-order chi connectivity index (χ0) is 15.2. The zero-order valence-corrected chi connectivity index (χ0v) is 14.0. The second-order valence-corrected chi connectivity index (χ2v) is 7.67. The molecule has 1 N–H and O–H groups in total. The SMILES string of the molecule is Cc1cc(C)n(CC(C)CNC2C3CCOC3C2(C)C)n1. The number of nitrogens with zero attached hydrogens (tertiary/aromatic N) is 2. The second-order valence-electron chi connectivity index (χ2n) is 7.67. The van der Waals surface area contributed by atoms with Crippen molar-refractivity contribution in [2.75, 3.05) is 13.2 Å². The fourth-order valence-electron chi connectivity index (χ4n) is 4.29. The quantitative estimate of drug-likeness (QED) is 0.906. The van der Waals surface area contributed by atoms with Crippen molar-refractivity contribution in [2.45, 2.75) is 59.7 Å². The number of ether oxygens (including phenoxy) is 1. The highest BCUT2D eigenvalue weighted by Gasteiger charge is 2.58. The van der Waals surface area contributed by atoms with Gasteiger partial charge < -0.3 is 10.1 Å². The molecule has 1 aliphatic carbocycles. The van der Waals surface area contributed by atoms with Crippen molar-refractivity contribution in [3.8, 4) is 0 Å². The lowest BCUT2D eigenvalue weighted by Gasteiger charge is -2.55. The lowest BCUT2D eigenvalue weighted by Crippen LogP contribution is -2.66. The van der Waals surface area contributed by atoms with E-state index >= 15 is 0 Å². The summed E-state index contributed by atoms with van der Waals surface area (Å²) in [6.45, 7) is 14.2. The number of aromatic nitrogens is 2. The lowest BCUT2D eigenvalue weighted by atomic mass is 9.57. The minimum Gasteiger partial charge on any atom is -0.377 e. The Bertz CT molecular complexity index is 508. The Morgan fingerprint density at radius 3 is 2.90 bits per heavy atom. The van der Waals surface area contributed by atoms with Crippen LogP contribution in [0.15, 0.2) is 6.07 Å². The number of hydrogen-bond donors (Lipinski definition) is 1. The van der Waals surface area contributed by atoms with E-state index < -0.39 is 0 Å². The number of fused-ring (bicyclic) bond motifs is 1. The van der Waals surface area contributed by atoms with Gasteiger partial charge in [-0.25, -0.2) is 0 Å². The average molecular weight is 291 g/mol. The molecule has 1 aromatic heterocycles. The van der Waals surface area contributed by atoms with Crippen LogP contribution in [0, 0.1) is 31.1 Å². The average Bonchev–Trinajstić information content (AvgIpc) is 2.95. The van der Waals surface area contributed by atoms with Crippen molar-refractivity contribution in [3.63, 3.8) is 0 Å². The molecule has 4 atom stereocenters. The number of rotatable bonds is 5. The molecule has 0 bridgehead atoms. The fourth-order valence-corrected chi connectivity index (χ4v) is 4.29. The number of aryl methyl sites for hydroxylation is 2. The fraction of sp³-hybridized carbons (Fsp3) is 0.824. The summed E-state index contributed by atoms with van der Waals surface area (Å²) in [4.78, 5) is 0. The summed E-state index contributed by atoms with van der Waals surface area (Å²) in [5.74, 6) is 1.31. The number of nitrogens with one attached hydrogen (secondary N) is 1. The van der Waals surface area contributed by atoms with Crippen molar-refractivity contribution < 1.29 is 4.74 Å². The molecule has 4 nitrogen and oxygen atoms in total. The largest absolute Gasteiger partial charge is 0.377 e. The topological polar surface area (TPSA) is 39.1 Å². The van der Waals surface area contributed by atoms with Gasteiger partial charge in [0.2, 0.25) is 0 Å². The molecule has 0 radical (unpaired) electrons. The van der Waals surface area contributed by atoms with Crippen LogP contribution in [-0.4, -0.2) is 35.1 Å². The van der Waals surface area contributed by atoms with Crippen LogP contribution in [0.4, 0.5) is 0 Å². The molecule has 118 valence electrons. The molecular weight excluding hydrogens is 262 g/mol. The Balaban J connectivity index is 1.52. The minimum atomic E-state index is 0.277. The third-order valence-electron chi connectivity index (χ3n) is 5.37. The molecule has 2 fully saturated rings. The summed E-state index contributed by atoms with van der Waals surface area (Å²) < 4.78 is 8.00. The molecule has 4 heteroatoms. The Kier molecular flexibility index (Phi) is 3.87. The first-order chi connectivity index (χ1) is 9.89. The van der Waals surface area contributed by atoms with E-state index in [0.717, 1.165) is 31.3 Å². The number of hydrogen-bond acceptors (Lipinski definition) is 3. The third kappa shape index (κ3) is 2.64. The van der Waals surface area contributed by atoms with Crippen molar-refractivity contribution in [1.82, 2.24) is 15.1 Å². The van der Waals surface area contributed by atoms with E-state index in [-0.39, 0.29) is 5.41 Å². The molecule has 4 unspecified atom stereocenters. The van der Waals surface area contributed by atoms with Gasteiger partial charge in [-0.3, -0.25) is 4.68 Å². The van der Waals surface area contributed by atoms with Crippen molar-refractivity contribution in [2.24, 2.45) is 17.3 Å². The third-order valence-corrected chi connectivity index (χ3v) is 5.37. The van der Waals surface area contributed by atoms with Crippen molar-refractivity contribution in [3.05, 3.63) is 17.5 Å². The molecule has 1 aliphatic heterocycles. The normalized spacial score (nSPS) is 31.8. The van der Waals surface area contributed by atoms with E-state index in [1.165, 1.54) is 12.1 Å². The first kappa shape index (κ1) is 15.0. The zero-order valence-electron chi connectivity index (χ0n) is 14.0. The molecule has 0 spiro atoms. The van der Waals surface area contributed by atoms with Crippen LogP contribution in [-0.2, 0) is 11.3 Å². The van der Waals surface area contributed by atoms with Gasteiger partial charge in [0, 0.05) is 36.2 Å². The molecule has 2 aliphatic rings. The predicted molar refractivity (Wildman–Crippen MR) is 84.3 cm³/mol. The van der Waals surface area contributed by atoms with Crippen LogP contribution in [0.3, 0.4) is 0 Å². The molecule has 3 rings (SSSR count). The van der Waals surface area contributed by atoms with Crippen molar-refractivity contribution in [1.29, 1.82) is 0 Å². The standard InChI is InChI=1S/C17H29N3O/c1-11(10-20-13(3)8-12(2)19-20)9-18-15-14-6-7-21-16(14)17(15,4)5/h8,11,14-16,18H,6-7,9-10H2,1-5H3. The Labute approximate surface area is 128 Å². The smallest absolute Gasteiger partial charge is 0.0685 e. The molecule has 21 heavy (non-hydrogen) atoms. The summed E-state index contributed by atoms with van der Waals surface area (Å²) in [6.07, 6.45) is 1.69. The van der Waals surface area contributed by atoms with Gasteiger partial charge in [0.15, 0.2) is 0 Å². The monoisotopic (exact) mass is 291 g/mol. The summed E-state index contributed by atoms with van der Waals surface area (Å²) in [7, 11) is 0. The lowest BCUT2D eigenvalue weighted by molar-refractivity contribution is -0.113. The first-order valence-corrected chi connectivity index (χ1v) is 8.25. The summed E-state index contributed by atoms with van der Waals surface area (Å²) in [5, 5.41) is 8.37. The van der Waals surface area contributed by atoms with Crippen LogP contribution in [0.5, 0.6) is 0 Å². The van der Waals surface area contributed by atoms with E-state index in [2.05, 4.69) is 55.8 Å². The van der Waals surface area contributed by atoms with E-state index in [1.807, 2.05) is 0 Å². The van der Waals surface area contributed by atoms with Gasteiger partial charge in [0.25, 0.3) is 0 Å². The van der Waals surface area contributed by atoms with Crippen LogP contribution in [0.25, 0.3) is 0 Å². The van der Waals surface area contributed by atoms with Crippen LogP contribution in [0.1, 0.15) is 38.6 Å². The highest BCUT2D eigenvalue weighted by Crippen LogP contribution is 2.52. The minimum absolute atomic E-state index is 0.277.